The number of hydrogen-bond donors (Lipinski definition) is 3. The van der Waals surface area contributed by atoms with Gasteiger partial charge in [0.1, 0.15) is 0 Å². The molecule has 0 saturated carbocycles. The molecule has 1 rings (SSSR count). The number of amides is 2. The van der Waals surface area contributed by atoms with E-state index in [1.165, 1.54) is 0 Å². The first-order valence-corrected chi connectivity index (χ1v) is 6.35. The molecule has 0 aliphatic rings. The summed E-state index contributed by atoms with van der Waals surface area (Å²) in [5, 5.41) is 5.85. The van der Waals surface area contributed by atoms with E-state index < -0.39 is 5.91 Å². The minimum absolute atomic E-state index is 0.0280. The number of rotatable bonds is 7. The lowest BCUT2D eigenvalue weighted by Gasteiger charge is -2.09. The van der Waals surface area contributed by atoms with Crippen LogP contribution in [0.3, 0.4) is 0 Å². The average Bonchev–Trinajstić information content (AvgIpc) is 2.36. The molecular weight excluding hydrogens is 242 g/mol. The number of hydrogen-bond acceptors (Lipinski definition) is 3. The monoisotopic (exact) mass is 263 g/mol. The topological polar surface area (TPSA) is 84.2 Å². The van der Waals surface area contributed by atoms with Gasteiger partial charge in [0, 0.05) is 18.7 Å². The molecule has 0 spiro atoms. The smallest absolute Gasteiger partial charge is 0.248 e. The Labute approximate surface area is 113 Å². The number of nitrogens with two attached hydrogens (primary N) is 1. The molecule has 0 aromatic heterocycles. The number of carbonyl (C=O) groups is 2. The first-order valence-electron chi connectivity index (χ1n) is 6.35. The van der Waals surface area contributed by atoms with E-state index in [1.807, 2.05) is 19.9 Å². The van der Waals surface area contributed by atoms with Crippen LogP contribution < -0.4 is 16.4 Å². The summed E-state index contributed by atoms with van der Waals surface area (Å²) in [4.78, 5) is 22.5. The molecule has 5 heteroatoms. The molecule has 2 amide bonds. The molecule has 0 aliphatic heterocycles. The summed E-state index contributed by atoms with van der Waals surface area (Å²) in [7, 11) is 0. The summed E-state index contributed by atoms with van der Waals surface area (Å²) in [5.41, 5.74) is 6.60. The maximum absolute atomic E-state index is 11.5. The highest BCUT2D eigenvalue weighted by molar-refractivity contribution is 5.92. The second-order valence-electron chi connectivity index (χ2n) is 4.87. The predicted molar refractivity (Wildman–Crippen MR) is 74.5 cm³/mol. The van der Waals surface area contributed by atoms with E-state index in [2.05, 4.69) is 10.6 Å². The highest BCUT2D eigenvalue weighted by Gasteiger charge is 2.03. The summed E-state index contributed by atoms with van der Waals surface area (Å²) < 4.78 is 0. The molecular formula is C14H21N3O2. The normalized spacial score (nSPS) is 10.5. The van der Waals surface area contributed by atoms with Crippen molar-refractivity contribution in [3.8, 4) is 0 Å². The lowest BCUT2D eigenvalue weighted by Crippen LogP contribution is -2.35. The van der Waals surface area contributed by atoms with Crippen molar-refractivity contribution in [2.75, 3.05) is 13.1 Å². The van der Waals surface area contributed by atoms with Crippen LogP contribution >= 0.6 is 0 Å². The molecule has 1 aromatic rings. The van der Waals surface area contributed by atoms with Crippen molar-refractivity contribution < 1.29 is 9.59 Å². The van der Waals surface area contributed by atoms with Crippen LogP contribution in [0.4, 0.5) is 0 Å². The number of carbonyl (C=O) groups excluding carboxylic acids is 2. The lowest BCUT2D eigenvalue weighted by atomic mass is 10.1. The largest absolute Gasteiger partial charge is 0.366 e. The third-order valence-electron chi connectivity index (χ3n) is 2.53. The van der Waals surface area contributed by atoms with E-state index in [1.54, 1.807) is 18.2 Å². The van der Waals surface area contributed by atoms with Gasteiger partial charge in [0.2, 0.25) is 11.8 Å². The van der Waals surface area contributed by atoms with Gasteiger partial charge in [-0.1, -0.05) is 26.0 Å². The van der Waals surface area contributed by atoms with Gasteiger partial charge in [-0.3, -0.25) is 9.59 Å². The van der Waals surface area contributed by atoms with E-state index in [0.29, 0.717) is 24.6 Å². The standard InChI is InChI=1S/C14H21N3O2/c1-10(2)7-17-13(18)9-16-8-11-4-3-5-12(6-11)14(15)19/h3-6,10,16H,7-9H2,1-2H3,(H2,15,19)(H,17,18). The fourth-order valence-electron chi connectivity index (χ4n) is 1.54. The van der Waals surface area contributed by atoms with Crippen LogP contribution in [0, 0.1) is 5.92 Å². The molecule has 0 aliphatic carbocycles. The summed E-state index contributed by atoms with van der Waals surface area (Å²) >= 11 is 0. The fraction of sp³-hybridized carbons (Fsp3) is 0.429. The maximum Gasteiger partial charge on any atom is 0.248 e. The number of nitrogens with one attached hydrogen (secondary N) is 2. The predicted octanol–water partition coefficient (Wildman–Crippen LogP) is 0.647. The molecule has 0 unspecified atom stereocenters. The molecule has 5 nitrogen and oxygen atoms in total. The van der Waals surface area contributed by atoms with Crippen LogP contribution in [0.25, 0.3) is 0 Å². The van der Waals surface area contributed by atoms with Gasteiger partial charge in [0.25, 0.3) is 0 Å². The zero-order chi connectivity index (χ0) is 14.3. The molecule has 19 heavy (non-hydrogen) atoms. The molecule has 0 radical (unpaired) electrons. The van der Waals surface area contributed by atoms with Crippen molar-refractivity contribution >= 4 is 11.8 Å². The summed E-state index contributed by atoms with van der Waals surface area (Å²) in [6.07, 6.45) is 0. The zero-order valence-corrected chi connectivity index (χ0v) is 11.4. The Morgan fingerprint density at radius 2 is 2.05 bits per heavy atom. The quantitative estimate of drug-likeness (QED) is 0.675. The first kappa shape index (κ1) is 15.2. The molecule has 1 aromatic carbocycles. The Morgan fingerprint density at radius 3 is 2.68 bits per heavy atom. The maximum atomic E-state index is 11.5. The van der Waals surface area contributed by atoms with E-state index in [9.17, 15) is 9.59 Å². The van der Waals surface area contributed by atoms with Crippen LogP contribution in [0.1, 0.15) is 29.8 Å². The van der Waals surface area contributed by atoms with Gasteiger partial charge in [-0.05, 0) is 23.6 Å². The minimum Gasteiger partial charge on any atom is -0.366 e. The first-order chi connectivity index (χ1) is 8.99. The van der Waals surface area contributed by atoms with Gasteiger partial charge >= 0.3 is 0 Å². The molecule has 104 valence electrons. The van der Waals surface area contributed by atoms with Crippen molar-refractivity contribution in [3.05, 3.63) is 35.4 Å². The lowest BCUT2D eigenvalue weighted by molar-refractivity contribution is -0.120. The summed E-state index contributed by atoms with van der Waals surface area (Å²) in [5.74, 6) is -0.0347. The molecule has 0 saturated heterocycles. The molecule has 0 heterocycles. The van der Waals surface area contributed by atoms with Crippen molar-refractivity contribution in [3.63, 3.8) is 0 Å². The third kappa shape index (κ3) is 6.01. The van der Waals surface area contributed by atoms with Crippen LogP contribution in [-0.4, -0.2) is 24.9 Å². The minimum atomic E-state index is -0.448. The van der Waals surface area contributed by atoms with Gasteiger partial charge in [-0.25, -0.2) is 0 Å². The van der Waals surface area contributed by atoms with E-state index in [4.69, 9.17) is 5.73 Å². The van der Waals surface area contributed by atoms with Crippen LogP contribution in [0.5, 0.6) is 0 Å². The van der Waals surface area contributed by atoms with E-state index in [-0.39, 0.29) is 12.5 Å². The Balaban J connectivity index is 2.35. The second-order valence-corrected chi connectivity index (χ2v) is 4.87. The highest BCUT2D eigenvalue weighted by atomic mass is 16.2. The molecule has 0 atom stereocenters. The van der Waals surface area contributed by atoms with Crippen LogP contribution in [0.2, 0.25) is 0 Å². The van der Waals surface area contributed by atoms with Gasteiger partial charge < -0.3 is 16.4 Å². The summed E-state index contributed by atoms with van der Waals surface area (Å²) in [6, 6.07) is 7.05. The Morgan fingerprint density at radius 1 is 1.32 bits per heavy atom. The number of benzene rings is 1. The van der Waals surface area contributed by atoms with Gasteiger partial charge in [0.15, 0.2) is 0 Å². The van der Waals surface area contributed by atoms with Gasteiger partial charge in [-0.15, -0.1) is 0 Å². The third-order valence-corrected chi connectivity index (χ3v) is 2.53. The summed E-state index contributed by atoms with van der Waals surface area (Å²) in [6.45, 7) is 5.55. The molecule has 0 bridgehead atoms. The second kappa shape index (κ2) is 7.53. The zero-order valence-electron chi connectivity index (χ0n) is 11.4. The van der Waals surface area contributed by atoms with Crippen LogP contribution in [-0.2, 0) is 11.3 Å². The van der Waals surface area contributed by atoms with Gasteiger partial charge in [0.05, 0.1) is 6.54 Å². The van der Waals surface area contributed by atoms with Crippen molar-refractivity contribution in [1.29, 1.82) is 0 Å². The SMILES string of the molecule is CC(C)CNC(=O)CNCc1cccc(C(N)=O)c1. The average molecular weight is 263 g/mol. The van der Waals surface area contributed by atoms with Crippen molar-refractivity contribution in [1.82, 2.24) is 10.6 Å². The Kier molecular flexibility index (Phi) is 6.02. The number of primary amides is 1. The van der Waals surface area contributed by atoms with E-state index in [0.717, 1.165) is 5.56 Å². The highest BCUT2D eigenvalue weighted by Crippen LogP contribution is 2.04. The fourth-order valence-corrected chi connectivity index (χ4v) is 1.54. The van der Waals surface area contributed by atoms with Gasteiger partial charge in [-0.2, -0.15) is 0 Å². The van der Waals surface area contributed by atoms with E-state index >= 15 is 0 Å². The molecule has 4 N–H and O–H groups in total. The van der Waals surface area contributed by atoms with Crippen LogP contribution in [0.15, 0.2) is 24.3 Å². The Hall–Kier alpha value is -1.88. The van der Waals surface area contributed by atoms with Crippen molar-refractivity contribution in [2.45, 2.75) is 20.4 Å². The Bertz CT molecular complexity index is 444. The van der Waals surface area contributed by atoms with Crippen molar-refractivity contribution in [2.24, 2.45) is 11.7 Å². The molecule has 0 fully saturated rings.